The number of carbonyl (C=O) groups excluding carboxylic acids is 1. The summed E-state index contributed by atoms with van der Waals surface area (Å²) in [5, 5.41) is 3.36. The van der Waals surface area contributed by atoms with E-state index in [1.54, 1.807) is 11.9 Å². The summed E-state index contributed by atoms with van der Waals surface area (Å²) in [6.07, 6.45) is 0. The van der Waals surface area contributed by atoms with Gasteiger partial charge < -0.3 is 10.2 Å². The molecule has 0 saturated heterocycles. The number of likely N-dealkylation sites (N-methyl/N-ethyl adjacent to an activating group) is 1. The van der Waals surface area contributed by atoms with Gasteiger partial charge in [0.1, 0.15) is 11.6 Å². The molecule has 4 nitrogen and oxygen atoms in total. The van der Waals surface area contributed by atoms with Crippen LogP contribution in [-0.4, -0.2) is 24.5 Å². The summed E-state index contributed by atoms with van der Waals surface area (Å²) in [4.78, 5) is 18.2. The number of thiazole rings is 1. The number of rotatable bonds is 5. The highest BCUT2D eigenvalue weighted by atomic mass is 32.1. The minimum absolute atomic E-state index is 0.0125. The Morgan fingerprint density at radius 1 is 1.25 bits per heavy atom. The monoisotopic (exact) mass is 347 g/mol. The third kappa shape index (κ3) is 3.68. The predicted molar refractivity (Wildman–Crippen MR) is 91.1 cm³/mol. The molecule has 0 radical (unpaired) electrons. The number of anilines is 1. The number of amides is 1. The molecule has 0 bridgehead atoms. The summed E-state index contributed by atoms with van der Waals surface area (Å²) >= 11 is 1.50. The highest BCUT2D eigenvalue weighted by Crippen LogP contribution is 2.27. The Bertz CT molecular complexity index is 848. The van der Waals surface area contributed by atoms with Crippen LogP contribution >= 0.6 is 11.3 Å². The van der Waals surface area contributed by atoms with Gasteiger partial charge in [-0.1, -0.05) is 29.5 Å². The number of fused-ring (bicyclic) bond motifs is 1. The zero-order valence-corrected chi connectivity index (χ0v) is 13.7. The van der Waals surface area contributed by atoms with Crippen LogP contribution in [0, 0.1) is 11.6 Å². The van der Waals surface area contributed by atoms with Crippen LogP contribution in [0.1, 0.15) is 5.56 Å². The lowest BCUT2D eigenvalue weighted by atomic mass is 10.2. The summed E-state index contributed by atoms with van der Waals surface area (Å²) in [5.41, 5.74) is 1.13. The van der Waals surface area contributed by atoms with Crippen LogP contribution in [0.3, 0.4) is 0 Å². The second-order valence-corrected chi connectivity index (χ2v) is 6.34. The third-order valence-electron chi connectivity index (χ3n) is 3.48. The number of nitrogens with zero attached hydrogens (tertiary/aromatic N) is 2. The molecule has 0 atom stereocenters. The van der Waals surface area contributed by atoms with E-state index in [2.05, 4.69) is 10.3 Å². The van der Waals surface area contributed by atoms with E-state index in [0.29, 0.717) is 0 Å². The molecule has 0 aliphatic heterocycles. The van der Waals surface area contributed by atoms with Crippen LogP contribution < -0.4 is 10.2 Å². The van der Waals surface area contributed by atoms with Gasteiger partial charge in [-0.15, -0.1) is 0 Å². The molecule has 0 saturated carbocycles. The molecule has 1 amide bonds. The van der Waals surface area contributed by atoms with Crippen LogP contribution in [0.15, 0.2) is 42.5 Å². The van der Waals surface area contributed by atoms with E-state index in [-0.39, 0.29) is 24.6 Å². The molecule has 124 valence electrons. The third-order valence-corrected chi connectivity index (χ3v) is 4.63. The Kier molecular flexibility index (Phi) is 4.71. The SMILES string of the molecule is CN(CC(=O)NCc1ccc(F)cc1F)c1nc2ccccc2s1. The van der Waals surface area contributed by atoms with Crippen LogP contribution in [0.5, 0.6) is 0 Å². The summed E-state index contributed by atoms with van der Waals surface area (Å²) < 4.78 is 27.4. The Hall–Kier alpha value is -2.54. The molecule has 24 heavy (non-hydrogen) atoms. The topological polar surface area (TPSA) is 45.2 Å². The first kappa shape index (κ1) is 16.3. The zero-order chi connectivity index (χ0) is 17.1. The van der Waals surface area contributed by atoms with Crippen molar-refractivity contribution in [1.82, 2.24) is 10.3 Å². The standard InChI is InChI=1S/C17H15F2N3OS/c1-22(17-21-14-4-2-3-5-15(14)24-17)10-16(23)20-9-11-6-7-12(18)8-13(11)19/h2-8H,9-10H2,1H3,(H,20,23). The van der Waals surface area contributed by atoms with E-state index in [4.69, 9.17) is 0 Å². The van der Waals surface area contributed by atoms with Gasteiger partial charge in [-0.05, 0) is 18.2 Å². The van der Waals surface area contributed by atoms with Gasteiger partial charge >= 0.3 is 0 Å². The van der Waals surface area contributed by atoms with Crippen molar-refractivity contribution in [3.8, 4) is 0 Å². The van der Waals surface area contributed by atoms with Gasteiger partial charge in [0.05, 0.1) is 16.8 Å². The maximum Gasteiger partial charge on any atom is 0.239 e. The highest BCUT2D eigenvalue weighted by Gasteiger charge is 2.12. The van der Waals surface area contributed by atoms with Crippen LogP contribution in [0.25, 0.3) is 10.2 Å². The molecule has 7 heteroatoms. The highest BCUT2D eigenvalue weighted by molar-refractivity contribution is 7.22. The quantitative estimate of drug-likeness (QED) is 0.770. The number of benzene rings is 2. The number of carbonyl (C=O) groups is 1. The smallest absolute Gasteiger partial charge is 0.239 e. The minimum Gasteiger partial charge on any atom is -0.350 e. The summed E-state index contributed by atoms with van der Waals surface area (Å²) in [7, 11) is 1.77. The summed E-state index contributed by atoms with van der Waals surface area (Å²) in [6, 6.07) is 11.0. The van der Waals surface area contributed by atoms with Crippen molar-refractivity contribution in [2.75, 3.05) is 18.5 Å². The van der Waals surface area contributed by atoms with Gasteiger partial charge in [-0.3, -0.25) is 4.79 Å². The van der Waals surface area contributed by atoms with Gasteiger partial charge in [0.2, 0.25) is 5.91 Å². The zero-order valence-electron chi connectivity index (χ0n) is 12.9. The molecular formula is C17H15F2N3OS. The maximum atomic E-state index is 13.5. The molecule has 2 aromatic carbocycles. The molecule has 1 aromatic heterocycles. The Morgan fingerprint density at radius 3 is 2.79 bits per heavy atom. The van der Waals surface area contributed by atoms with E-state index in [9.17, 15) is 13.6 Å². The van der Waals surface area contributed by atoms with E-state index >= 15 is 0 Å². The van der Waals surface area contributed by atoms with Crippen molar-refractivity contribution in [3.63, 3.8) is 0 Å². The second-order valence-electron chi connectivity index (χ2n) is 5.33. The maximum absolute atomic E-state index is 13.5. The largest absolute Gasteiger partial charge is 0.350 e. The van der Waals surface area contributed by atoms with Crippen molar-refractivity contribution in [3.05, 3.63) is 59.7 Å². The lowest BCUT2D eigenvalue weighted by Gasteiger charge is -2.15. The number of hydrogen-bond acceptors (Lipinski definition) is 4. The average molecular weight is 347 g/mol. The van der Waals surface area contributed by atoms with E-state index in [0.717, 1.165) is 27.5 Å². The molecule has 0 unspecified atom stereocenters. The van der Waals surface area contributed by atoms with Crippen molar-refractivity contribution in [2.24, 2.45) is 0 Å². The normalized spacial score (nSPS) is 10.8. The number of hydrogen-bond donors (Lipinski definition) is 1. The molecule has 1 N–H and O–H groups in total. The van der Waals surface area contributed by atoms with Gasteiger partial charge in [-0.2, -0.15) is 0 Å². The fraction of sp³-hybridized carbons (Fsp3) is 0.176. The number of nitrogens with one attached hydrogen (secondary N) is 1. The predicted octanol–water partition coefficient (Wildman–Crippen LogP) is 3.33. The number of halogens is 2. The van der Waals surface area contributed by atoms with Crippen molar-refractivity contribution >= 4 is 32.6 Å². The molecule has 0 aliphatic carbocycles. The van der Waals surface area contributed by atoms with Gasteiger partial charge in [-0.25, -0.2) is 13.8 Å². The van der Waals surface area contributed by atoms with E-state index in [1.165, 1.54) is 17.4 Å². The fourth-order valence-corrected chi connectivity index (χ4v) is 3.15. The van der Waals surface area contributed by atoms with E-state index in [1.807, 2.05) is 24.3 Å². The first-order valence-electron chi connectivity index (χ1n) is 7.30. The molecule has 0 fully saturated rings. The van der Waals surface area contributed by atoms with Crippen molar-refractivity contribution in [2.45, 2.75) is 6.54 Å². The van der Waals surface area contributed by atoms with Crippen LogP contribution in [0.4, 0.5) is 13.9 Å². The number of para-hydroxylation sites is 1. The molecule has 0 spiro atoms. The first-order valence-corrected chi connectivity index (χ1v) is 8.12. The second kappa shape index (κ2) is 6.92. The summed E-state index contributed by atoms with van der Waals surface area (Å²) in [5.74, 6) is -1.58. The molecular weight excluding hydrogens is 332 g/mol. The molecule has 3 rings (SSSR count). The Balaban J connectivity index is 1.59. The number of aromatic nitrogens is 1. The van der Waals surface area contributed by atoms with Crippen LogP contribution in [-0.2, 0) is 11.3 Å². The van der Waals surface area contributed by atoms with Crippen molar-refractivity contribution in [1.29, 1.82) is 0 Å². The van der Waals surface area contributed by atoms with Crippen LogP contribution in [0.2, 0.25) is 0 Å². The van der Waals surface area contributed by atoms with Gasteiger partial charge in [0.15, 0.2) is 5.13 Å². The molecule has 3 aromatic rings. The fourth-order valence-electron chi connectivity index (χ4n) is 2.22. The van der Waals surface area contributed by atoms with Crippen molar-refractivity contribution < 1.29 is 13.6 Å². The Labute approximate surface area is 141 Å². The Morgan fingerprint density at radius 2 is 2.04 bits per heavy atom. The average Bonchev–Trinajstić information content (AvgIpc) is 2.98. The summed E-state index contributed by atoms with van der Waals surface area (Å²) in [6.45, 7) is 0.112. The van der Waals surface area contributed by atoms with E-state index < -0.39 is 11.6 Å². The van der Waals surface area contributed by atoms with Gasteiger partial charge in [0.25, 0.3) is 0 Å². The van der Waals surface area contributed by atoms with Gasteiger partial charge in [0, 0.05) is 25.2 Å². The minimum atomic E-state index is -0.671. The first-order chi connectivity index (χ1) is 11.5. The molecule has 0 aliphatic rings. The molecule has 1 heterocycles. The lowest BCUT2D eigenvalue weighted by Crippen LogP contribution is -2.34. The lowest BCUT2D eigenvalue weighted by molar-refractivity contribution is -0.119.